The molecule has 16 heteroatoms. The van der Waals surface area contributed by atoms with E-state index in [1.165, 1.54) is 26.1 Å². The number of nitrogen functional groups attached to an aromatic ring is 1. The van der Waals surface area contributed by atoms with Gasteiger partial charge in [-0.2, -0.15) is 10.1 Å². The first-order valence-electron chi connectivity index (χ1n) is 14.1. The SMILES string of the molecule is C=N[C@]1(COP(=O)(N[C@@H](C)C(=O)OC(C)C)Oc2cccc3ccccc23)O[C@@H](n2ccc(N)nc2=O)[C@H](OC(=O)CC)[C@@H]1F. The van der Waals surface area contributed by atoms with Crippen molar-refractivity contribution in [3.05, 3.63) is 65.2 Å². The smallest absolute Gasteiger partial charge is 0.459 e. The van der Waals surface area contributed by atoms with E-state index in [0.717, 1.165) is 9.95 Å². The third-order valence-corrected chi connectivity index (χ3v) is 8.35. The normalized spacial score (nSPS) is 23.3. The lowest BCUT2D eigenvalue weighted by atomic mass is 10.1. The van der Waals surface area contributed by atoms with Crippen LogP contribution in [0.25, 0.3) is 10.8 Å². The maximum Gasteiger partial charge on any atom is 0.459 e. The number of nitrogens with one attached hydrogen (secondary N) is 1. The molecular weight excluding hydrogens is 612 g/mol. The second-order valence-corrected chi connectivity index (χ2v) is 12.1. The number of rotatable bonds is 13. The highest BCUT2D eigenvalue weighted by Crippen LogP contribution is 2.50. The van der Waals surface area contributed by atoms with E-state index in [1.807, 2.05) is 18.2 Å². The van der Waals surface area contributed by atoms with E-state index in [-0.39, 0.29) is 18.0 Å². The second-order valence-electron chi connectivity index (χ2n) is 10.4. The maximum atomic E-state index is 16.3. The van der Waals surface area contributed by atoms with E-state index in [4.69, 9.17) is 29.0 Å². The van der Waals surface area contributed by atoms with Gasteiger partial charge in [0.1, 0.15) is 24.2 Å². The molecule has 0 spiro atoms. The van der Waals surface area contributed by atoms with Crippen molar-refractivity contribution in [1.82, 2.24) is 14.6 Å². The number of hydrogen-bond donors (Lipinski definition) is 2. The molecule has 1 fully saturated rings. The predicted octanol–water partition coefficient (Wildman–Crippen LogP) is 3.70. The summed E-state index contributed by atoms with van der Waals surface area (Å²) in [5, 5.41) is 3.86. The van der Waals surface area contributed by atoms with Crippen molar-refractivity contribution in [2.45, 2.75) is 70.5 Å². The molecule has 4 rings (SSSR count). The molecule has 3 aromatic rings. The van der Waals surface area contributed by atoms with Crippen molar-refractivity contribution in [2.24, 2.45) is 4.99 Å². The van der Waals surface area contributed by atoms with Gasteiger partial charge in [0, 0.05) is 18.0 Å². The van der Waals surface area contributed by atoms with Crippen LogP contribution >= 0.6 is 7.75 Å². The molecule has 0 aliphatic carbocycles. The number of aliphatic imine (C=N–C) groups is 1. The Balaban J connectivity index is 1.70. The zero-order valence-electron chi connectivity index (χ0n) is 25.1. The lowest BCUT2D eigenvalue weighted by Gasteiger charge is -2.29. The summed E-state index contributed by atoms with van der Waals surface area (Å²) < 4.78 is 59.5. The molecule has 0 saturated carbocycles. The summed E-state index contributed by atoms with van der Waals surface area (Å²) in [6.07, 6.45) is -4.99. The van der Waals surface area contributed by atoms with Crippen molar-refractivity contribution in [1.29, 1.82) is 0 Å². The number of ether oxygens (including phenoxy) is 3. The number of fused-ring (bicyclic) bond motifs is 1. The number of esters is 2. The Bertz CT molecular complexity index is 1670. The summed E-state index contributed by atoms with van der Waals surface area (Å²) in [5.74, 6) is -1.52. The van der Waals surface area contributed by atoms with Crippen LogP contribution in [0.1, 0.15) is 40.3 Å². The van der Waals surface area contributed by atoms with Crippen molar-refractivity contribution in [2.75, 3.05) is 12.3 Å². The van der Waals surface area contributed by atoms with Crippen molar-refractivity contribution in [3.8, 4) is 5.75 Å². The molecule has 1 aliphatic rings. The van der Waals surface area contributed by atoms with E-state index in [9.17, 15) is 18.9 Å². The molecule has 0 bridgehead atoms. The van der Waals surface area contributed by atoms with Gasteiger partial charge in [0.2, 0.25) is 5.72 Å². The highest BCUT2D eigenvalue weighted by Gasteiger charge is 2.60. The first kappa shape index (κ1) is 33.7. The molecule has 1 unspecified atom stereocenters. The number of alkyl halides is 1. The maximum absolute atomic E-state index is 16.3. The Morgan fingerprint density at radius 2 is 1.93 bits per heavy atom. The molecule has 2 aromatic carbocycles. The second kappa shape index (κ2) is 13.9. The van der Waals surface area contributed by atoms with Crippen LogP contribution in [0.3, 0.4) is 0 Å². The Morgan fingerprint density at radius 3 is 2.60 bits per heavy atom. The van der Waals surface area contributed by atoms with Crippen LogP contribution in [-0.2, 0) is 32.9 Å². The van der Waals surface area contributed by atoms with Crippen molar-refractivity contribution < 1.29 is 41.8 Å². The van der Waals surface area contributed by atoms with Crippen molar-refractivity contribution in [3.63, 3.8) is 0 Å². The van der Waals surface area contributed by atoms with Gasteiger partial charge < -0.3 is 24.5 Å². The fourth-order valence-electron chi connectivity index (χ4n) is 4.51. The monoisotopic (exact) mass is 647 g/mol. The largest absolute Gasteiger partial charge is 0.462 e. The Labute approximate surface area is 258 Å². The summed E-state index contributed by atoms with van der Waals surface area (Å²) in [5.41, 5.74) is 2.30. The molecule has 14 nitrogen and oxygen atoms in total. The number of nitrogens with two attached hydrogens (primary N) is 1. The van der Waals surface area contributed by atoms with E-state index in [1.54, 1.807) is 38.1 Å². The van der Waals surface area contributed by atoms with Crippen molar-refractivity contribution >= 4 is 43.0 Å². The average Bonchev–Trinajstić information content (AvgIpc) is 3.26. The van der Waals surface area contributed by atoms with Gasteiger partial charge in [-0.3, -0.25) is 23.7 Å². The lowest BCUT2D eigenvalue weighted by Crippen LogP contribution is -2.44. The number of hydrogen-bond acceptors (Lipinski definition) is 12. The van der Waals surface area contributed by atoms with Crippen LogP contribution in [0.4, 0.5) is 10.2 Å². The van der Waals surface area contributed by atoms with Gasteiger partial charge in [-0.1, -0.05) is 43.3 Å². The highest BCUT2D eigenvalue weighted by molar-refractivity contribution is 7.52. The van der Waals surface area contributed by atoms with Crippen LogP contribution in [0.15, 0.2) is 64.5 Å². The molecule has 242 valence electrons. The number of anilines is 1. The number of halogens is 1. The third kappa shape index (κ3) is 7.56. The lowest BCUT2D eigenvalue weighted by molar-refractivity contribution is -0.157. The molecule has 0 radical (unpaired) electrons. The van der Waals surface area contributed by atoms with Crippen LogP contribution in [0.5, 0.6) is 5.75 Å². The number of nitrogens with zero attached hydrogens (tertiary/aromatic N) is 3. The standard InChI is InChI=1S/C29H35FN5O9P/c1-6-23(36)42-24-25(30)29(32-5,43-26(24)35-15-14-22(31)33-28(35)38)16-40-45(39,34-18(4)27(37)41-17(2)3)44-21-13-9-11-19-10-7-8-12-20(19)21/h7-15,17-18,24-26H,5-6,16H2,1-4H3,(H,34,39)(H2,31,33,38)/t18-,24+,25-,26+,29+,45?/m0/s1. The van der Waals surface area contributed by atoms with E-state index >= 15 is 4.39 Å². The molecule has 45 heavy (non-hydrogen) atoms. The first-order valence-corrected chi connectivity index (χ1v) is 15.6. The number of carbonyl (C=O) groups is 2. The van der Waals surface area contributed by atoms with Gasteiger partial charge in [-0.15, -0.1) is 0 Å². The zero-order valence-corrected chi connectivity index (χ0v) is 26.0. The molecule has 1 aliphatic heterocycles. The van der Waals surface area contributed by atoms with Crippen LogP contribution in [0, 0.1) is 0 Å². The minimum absolute atomic E-state index is 0.104. The molecule has 3 N–H and O–H groups in total. The molecule has 1 saturated heterocycles. The van der Waals surface area contributed by atoms with Gasteiger partial charge in [0.05, 0.1) is 6.10 Å². The summed E-state index contributed by atoms with van der Waals surface area (Å²) in [6, 6.07) is 12.2. The Morgan fingerprint density at radius 1 is 1.22 bits per heavy atom. The fraction of sp³-hybridized carbons (Fsp3) is 0.414. The number of carbonyl (C=O) groups excluding carboxylic acids is 2. The molecule has 6 atom stereocenters. The van der Waals surface area contributed by atoms with E-state index in [2.05, 4.69) is 21.8 Å². The van der Waals surface area contributed by atoms with Gasteiger partial charge in [-0.05, 0) is 45.0 Å². The van der Waals surface area contributed by atoms with Gasteiger partial charge >= 0.3 is 25.4 Å². The number of benzene rings is 2. The van der Waals surface area contributed by atoms with Gasteiger partial charge in [-0.25, -0.2) is 13.8 Å². The Kier molecular flexibility index (Phi) is 10.4. The fourth-order valence-corrected chi connectivity index (χ4v) is 6.04. The van der Waals surface area contributed by atoms with Gasteiger partial charge in [0.15, 0.2) is 18.5 Å². The van der Waals surface area contributed by atoms with Crippen LogP contribution < -0.4 is 21.0 Å². The minimum atomic E-state index is -4.59. The zero-order chi connectivity index (χ0) is 32.9. The summed E-state index contributed by atoms with van der Waals surface area (Å²) >= 11 is 0. The quantitative estimate of drug-likeness (QED) is 0.156. The summed E-state index contributed by atoms with van der Waals surface area (Å²) in [6.45, 7) is 8.67. The van der Waals surface area contributed by atoms with Crippen LogP contribution in [0.2, 0.25) is 0 Å². The molecular formula is C29H35FN5O9P. The van der Waals surface area contributed by atoms with E-state index in [0.29, 0.717) is 5.39 Å². The number of aromatic nitrogens is 2. The minimum Gasteiger partial charge on any atom is -0.462 e. The molecule has 2 heterocycles. The predicted molar refractivity (Wildman–Crippen MR) is 162 cm³/mol. The topological polar surface area (TPSA) is 183 Å². The van der Waals surface area contributed by atoms with Gasteiger partial charge in [0.25, 0.3) is 0 Å². The third-order valence-electron chi connectivity index (χ3n) is 6.74. The molecule has 0 amide bonds. The molecule has 1 aromatic heterocycles. The summed E-state index contributed by atoms with van der Waals surface area (Å²) in [7, 11) is -4.59. The average molecular weight is 648 g/mol. The highest BCUT2D eigenvalue weighted by atomic mass is 31.2. The van der Waals surface area contributed by atoms with E-state index < -0.39 is 68.4 Å². The van der Waals surface area contributed by atoms with Crippen LogP contribution in [-0.4, -0.2) is 65.0 Å². The Hall–Kier alpha value is -4.17. The first-order chi connectivity index (χ1) is 21.3. The summed E-state index contributed by atoms with van der Waals surface area (Å²) in [4.78, 5) is 45.0.